The minimum absolute atomic E-state index is 0.0895. The zero-order valence-electron chi connectivity index (χ0n) is 22.2. The molecule has 2 aromatic rings. The Bertz CT molecular complexity index is 1200. The Morgan fingerprint density at radius 1 is 1.16 bits per heavy atom. The summed E-state index contributed by atoms with van der Waals surface area (Å²) in [5.41, 5.74) is 7.35. The van der Waals surface area contributed by atoms with E-state index in [2.05, 4.69) is 11.1 Å². The molecule has 9 heteroatoms. The molecule has 0 aliphatic heterocycles. The molecule has 0 bridgehead atoms. The van der Waals surface area contributed by atoms with Crippen molar-refractivity contribution in [1.29, 1.82) is 5.26 Å². The van der Waals surface area contributed by atoms with Crippen molar-refractivity contribution < 1.29 is 23.8 Å². The molecule has 2 N–H and O–H groups in total. The smallest absolute Gasteiger partial charge is 0.326 e. The molecule has 2 aromatic carbocycles. The highest BCUT2D eigenvalue weighted by molar-refractivity contribution is 6.20. The first-order valence-corrected chi connectivity index (χ1v) is 11.8. The van der Waals surface area contributed by atoms with Gasteiger partial charge < -0.3 is 19.9 Å². The van der Waals surface area contributed by atoms with Gasteiger partial charge in [-0.05, 0) is 61.7 Å². The van der Waals surface area contributed by atoms with E-state index in [1.165, 1.54) is 17.2 Å². The summed E-state index contributed by atoms with van der Waals surface area (Å²) in [6.07, 6.45) is 1.35. The van der Waals surface area contributed by atoms with Crippen molar-refractivity contribution in [3.8, 4) is 17.6 Å². The molecule has 37 heavy (non-hydrogen) atoms. The van der Waals surface area contributed by atoms with Gasteiger partial charge in [0.15, 0.2) is 0 Å². The van der Waals surface area contributed by atoms with E-state index in [9.17, 15) is 14.9 Å². The highest BCUT2D eigenvalue weighted by Crippen LogP contribution is 2.28. The molecule has 0 atom stereocenters. The second-order valence-corrected chi connectivity index (χ2v) is 9.39. The van der Waals surface area contributed by atoms with E-state index in [0.29, 0.717) is 29.5 Å². The predicted octanol–water partition coefficient (Wildman–Crippen LogP) is 4.52. The third-order valence-electron chi connectivity index (χ3n) is 4.96. The first-order valence-electron chi connectivity index (χ1n) is 11.8. The maximum Gasteiger partial charge on any atom is 0.326 e. The van der Waals surface area contributed by atoms with Gasteiger partial charge in [-0.3, -0.25) is 19.5 Å². The first-order chi connectivity index (χ1) is 17.5. The zero-order chi connectivity index (χ0) is 27.6. The molecular weight excluding hydrogens is 472 g/mol. The van der Waals surface area contributed by atoms with Crippen LogP contribution >= 0.6 is 0 Å². The number of esters is 1. The number of nitrogens with two attached hydrogens (primary N) is 1. The number of carbonyl (C=O) groups excluding carboxylic acids is 2. The molecule has 0 heterocycles. The minimum atomic E-state index is -0.608. The Hall–Kier alpha value is -4.32. The maximum absolute atomic E-state index is 13.6. The molecule has 0 unspecified atom stereocenters. The number of hydrogen-bond acceptors (Lipinski definition) is 8. The average Bonchev–Trinajstić information content (AvgIpc) is 2.85. The lowest BCUT2D eigenvalue weighted by Gasteiger charge is -2.24. The molecule has 2 rings (SSSR count). The van der Waals surface area contributed by atoms with Gasteiger partial charge in [-0.1, -0.05) is 20.8 Å². The van der Waals surface area contributed by atoms with Crippen molar-refractivity contribution in [2.75, 3.05) is 31.8 Å². The van der Waals surface area contributed by atoms with Crippen LogP contribution in [0, 0.1) is 16.7 Å². The van der Waals surface area contributed by atoms with Crippen LogP contribution in [0.2, 0.25) is 0 Å². The summed E-state index contributed by atoms with van der Waals surface area (Å²) in [6, 6.07) is 13.8. The van der Waals surface area contributed by atoms with Gasteiger partial charge in [0, 0.05) is 17.6 Å². The summed E-state index contributed by atoms with van der Waals surface area (Å²) in [5, 5.41) is 9.72. The molecule has 196 valence electrons. The summed E-state index contributed by atoms with van der Waals surface area (Å²) in [6.45, 7) is 9.47. The molecule has 0 aliphatic carbocycles. The fourth-order valence-corrected chi connectivity index (χ4v) is 3.09. The number of allylic oxidation sites excluding steroid dienone is 1. The van der Waals surface area contributed by atoms with Gasteiger partial charge in [0.2, 0.25) is 0 Å². The van der Waals surface area contributed by atoms with Crippen molar-refractivity contribution in [2.24, 2.45) is 16.1 Å². The van der Waals surface area contributed by atoms with Gasteiger partial charge >= 0.3 is 5.97 Å². The van der Waals surface area contributed by atoms with Crippen molar-refractivity contribution in [2.45, 2.75) is 34.6 Å². The number of anilines is 1. The number of nitrogens with zero attached hydrogens (tertiary/aromatic N) is 3. The maximum atomic E-state index is 13.6. The van der Waals surface area contributed by atoms with Crippen LogP contribution in [0.4, 0.5) is 11.4 Å². The number of benzene rings is 2. The lowest BCUT2D eigenvalue weighted by molar-refractivity contribution is -0.142. The number of ether oxygens (including phenoxy) is 3. The third-order valence-corrected chi connectivity index (χ3v) is 4.96. The molecule has 0 fully saturated rings. The van der Waals surface area contributed by atoms with E-state index in [-0.39, 0.29) is 35.4 Å². The van der Waals surface area contributed by atoms with Crippen LogP contribution in [0.25, 0.3) is 0 Å². The summed E-state index contributed by atoms with van der Waals surface area (Å²) in [5.74, 6) is -0.123. The predicted molar refractivity (Wildman–Crippen MR) is 143 cm³/mol. The standard InChI is InChI=1S/C28H34N4O5/c1-7-36-26(33)17-32(22-10-13-25(20(14-22)15-29)37-18-28(3,4)5)27(34)24(19(2)30)16-31-21-8-11-23(35-6)12-9-21/h8-14,16H,7,17-18,30H2,1-6H3. The fourth-order valence-electron chi connectivity index (χ4n) is 3.09. The summed E-state index contributed by atoms with van der Waals surface area (Å²) in [4.78, 5) is 31.6. The molecule has 0 saturated carbocycles. The van der Waals surface area contributed by atoms with Crippen molar-refractivity contribution >= 4 is 29.5 Å². The van der Waals surface area contributed by atoms with Gasteiger partial charge in [0.25, 0.3) is 5.91 Å². The molecule has 0 aliphatic rings. The van der Waals surface area contributed by atoms with Gasteiger partial charge in [0.05, 0.1) is 37.1 Å². The number of nitriles is 1. The summed E-state index contributed by atoms with van der Waals surface area (Å²) in [7, 11) is 1.56. The molecule has 9 nitrogen and oxygen atoms in total. The number of rotatable bonds is 10. The Morgan fingerprint density at radius 2 is 1.84 bits per heavy atom. The fraction of sp³-hybridized carbons (Fsp3) is 0.357. The quantitative estimate of drug-likeness (QED) is 0.285. The Kier molecular flexibility index (Phi) is 10.3. The molecule has 0 spiro atoms. The van der Waals surface area contributed by atoms with E-state index < -0.39 is 11.9 Å². The average molecular weight is 507 g/mol. The Balaban J connectivity index is 2.45. The number of methoxy groups -OCH3 is 1. The minimum Gasteiger partial charge on any atom is -0.497 e. The molecule has 0 radical (unpaired) electrons. The Morgan fingerprint density at radius 3 is 2.38 bits per heavy atom. The molecular formula is C28H34N4O5. The summed E-state index contributed by atoms with van der Waals surface area (Å²) >= 11 is 0. The van der Waals surface area contributed by atoms with Crippen LogP contribution in [0.3, 0.4) is 0 Å². The molecule has 0 aromatic heterocycles. The van der Waals surface area contributed by atoms with Crippen LogP contribution in [0.15, 0.2) is 58.7 Å². The van der Waals surface area contributed by atoms with Gasteiger partial charge in [0.1, 0.15) is 24.1 Å². The lowest BCUT2D eigenvalue weighted by atomic mass is 9.98. The van der Waals surface area contributed by atoms with Crippen LogP contribution in [-0.2, 0) is 14.3 Å². The van der Waals surface area contributed by atoms with E-state index in [4.69, 9.17) is 19.9 Å². The van der Waals surface area contributed by atoms with Crippen molar-refractivity contribution in [3.63, 3.8) is 0 Å². The SMILES string of the molecule is CCOC(=O)CN(C(=O)C(C=Nc1ccc(OC)cc1)=C(C)N)c1ccc(OCC(C)(C)C)c(C#N)c1. The lowest BCUT2D eigenvalue weighted by Crippen LogP contribution is -2.38. The van der Waals surface area contributed by atoms with Crippen LogP contribution < -0.4 is 20.1 Å². The van der Waals surface area contributed by atoms with Crippen molar-refractivity contribution in [1.82, 2.24) is 0 Å². The van der Waals surface area contributed by atoms with Crippen LogP contribution in [-0.4, -0.2) is 45.0 Å². The largest absolute Gasteiger partial charge is 0.497 e. The Labute approximate surface area is 218 Å². The summed E-state index contributed by atoms with van der Waals surface area (Å²) < 4.78 is 16.0. The molecule has 0 saturated heterocycles. The number of amides is 1. The normalized spacial score (nSPS) is 11.9. The van der Waals surface area contributed by atoms with E-state index in [0.717, 1.165) is 0 Å². The van der Waals surface area contributed by atoms with Crippen molar-refractivity contribution in [3.05, 3.63) is 59.3 Å². The zero-order valence-corrected chi connectivity index (χ0v) is 22.2. The third kappa shape index (κ3) is 8.69. The van der Waals surface area contributed by atoms with Gasteiger partial charge in [-0.25, -0.2) is 0 Å². The highest BCUT2D eigenvalue weighted by atomic mass is 16.5. The van der Waals surface area contributed by atoms with Gasteiger partial charge in [-0.2, -0.15) is 5.26 Å². The van der Waals surface area contributed by atoms with Crippen LogP contribution in [0.1, 0.15) is 40.2 Å². The monoisotopic (exact) mass is 506 g/mol. The van der Waals surface area contributed by atoms with E-state index in [1.54, 1.807) is 57.4 Å². The van der Waals surface area contributed by atoms with E-state index in [1.807, 2.05) is 20.8 Å². The second-order valence-electron chi connectivity index (χ2n) is 9.39. The second kappa shape index (κ2) is 13.1. The van der Waals surface area contributed by atoms with Gasteiger partial charge in [-0.15, -0.1) is 0 Å². The highest BCUT2D eigenvalue weighted by Gasteiger charge is 2.25. The number of aliphatic imine (C=N–C) groups is 1. The molecule has 1 amide bonds. The van der Waals surface area contributed by atoms with Crippen LogP contribution in [0.5, 0.6) is 11.5 Å². The number of carbonyl (C=O) groups is 2. The number of hydrogen-bond donors (Lipinski definition) is 1. The first kappa shape index (κ1) is 28.9. The topological polar surface area (TPSA) is 127 Å². The van der Waals surface area contributed by atoms with E-state index >= 15 is 0 Å².